The van der Waals surface area contributed by atoms with Crippen molar-refractivity contribution in [2.45, 2.75) is 0 Å². The zero-order valence-electron chi connectivity index (χ0n) is 16.5. The Balaban J connectivity index is 1.56. The van der Waals surface area contributed by atoms with E-state index in [2.05, 4.69) is 140 Å². The number of rotatable bonds is 2. The molecule has 0 N–H and O–H groups in total. The van der Waals surface area contributed by atoms with Gasteiger partial charge in [-0.2, -0.15) is 0 Å². The van der Waals surface area contributed by atoms with Crippen LogP contribution in [0.2, 0.25) is 0 Å². The first-order chi connectivity index (χ1) is 15.2. The molecule has 0 aliphatic rings. The maximum absolute atomic E-state index is 3.64. The summed E-state index contributed by atoms with van der Waals surface area (Å²) in [6.07, 6.45) is 0. The molecule has 0 aliphatic heterocycles. The highest BCUT2D eigenvalue weighted by Gasteiger charge is 2.13. The van der Waals surface area contributed by atoms with Gasteiger partial charge in [0.05, 0.1) is 11.0 Å². The second-order valence-electron chi connectivity index (χ2n) is 7.73. The van der Waals surface area contributed by atoms with Gasteiger partial charge < -0.3 is 4.57 Å². The van der Waals surface area contributed by atoms with E-state index in [1.807, 2.05) is 0 Å². The topological polar surface area (TPSA) is 4.93 Å². The molecule has 148 valence electrons. The van der Waals surface area contributed by atoms with Gasteiger partial charge in [0.2, 0.25) is 0 Å². The minimum absolute atomic E-state index is 1.09. The smallest absolute Gasteiger partial charge is 0.0541 e. The molecule has 0 aliphatic carbocycles. The van der Waals surface area contributed by atoms with E-state index in [1.165, 1.54) is 43.7 Å². The molecule has 0 atom stereocenters. The molecule has 6 rings (SSSR count). The lowest BCUT2D eigenvalue weighted by Crippen LogP contribution is -1.93. The van der Waals surface area contributed by atoms with Crippen LogP contribution in [0.4, 0.5) is 0 Å². The van der Waals surface area contributed by atoms with Gasteiger partial charge in [-0.25, -0.2) is 0 Å². The van der Waals surface area contributed by atoms with Crippen LogP contribution in [-0.4, -0.2) is 4.57 Å². The summed E-state index contributed by atoms with van der Waals surface area (Å²) in [7, 11) is 0. The summed E-state index contributed by atoms with van der Waals surface area (Å²) in [5, 5.41) is 5.03. The molecule has 0 unspecified atom stereocenters. The predicted octanol–water partition coefficient (Wildman–Crippen LogP) is 9.13. The zero-order chi connectivity index (χ0) is 20.9. The van der Waals surface area contributed by atoms with Gasteiger partial charge in [-0.05, 0) is 70.4 Å². The van der Waals surface area contributed by atoms with Crippen LogP contribution in [0.1, 0.15) is 0 Å². The molecule has 1 nitrogen and oxygen atoms in total. The summed E-state index contributed by atoms with van der Waals surface area (Å²) >= 11 is 7.27. The van der Waals surface area contributed by atoms with E-state index < -0.39 is 0 Å². The fourth-order valence-corrected chi connectivity index (χ4v) is 5.24. The average Bonchev–Trinajstić information content (AvgIpc) is 3.11. The van der Waals surface area contributed by atoms with Gasteiger partial charge in [-0.15, -0.1) is 0 Å². The van der Waals surface area contributed by atoms with Gasteiger partial charge in [-0.1, -0.05) is 86.5 Å². The normalized spacial score (nSPS) is 11.5. The van der Waals surface area contributed by atoms with Crippen LogP contribution >= 0.6 is 31.9 Å². The average molecular weight is 527 g/mol. The number of halogens is 2. The molecule has 6 aromatic rings. The van der Waals surface area contributed by atoms with Crippen molar-refractivity contribution in [2.24, 2.45) is 0 Å². The molecular formula is C28H17Br2N. The molecule has 5 aromatic carbocycles. The Morgan fingerprint density at radius 3 is 1.81 bits per heavy atom. The van der Waals surface area contributed by atoms with E-state index in [0.29, 0.717) is 0 Å². The number of aromatic nitrogens is 1. The summed E-state index contributed by atoms with van der Waals surface area (Å²) in [6, 6.07) is 37.0. The lowest BCUT2D eigenvalue weighted by Gasteiger charge is -2.11. The Bertz CT molecular complexity index is 1530. The van der Waals surface area contributed by atoms with Gasteiger partial charge in [0.25, 0.3) is 0 Å². The van der Waals surface area contributed by atoms with Gasteiger partial charge in [0.15, 0.2) is 0 Å². The first kappa shape index (κ1) is 18.9. The quantitative estimate of drug-likeness (QED) is 0.212. The van der Waals surface area contributed by atoms with Crippen LogP contribution in [0, 0.1) is 0 Å². The van der Waals surface area contributed by atoms with Crippen LogP contribution in [-0.2, 0) is 0 Å². The van der Waals surface area contributed by atoms with Crippen LogP contribution in [0.25, 0.3) is 49.4 Å². The van der Waals surface area contributed by atoms with E-state index in [-0.39, 0.29) is 0 Å². The second-order valence-corrected chi connectivity index (χ2v) is 9.56. The van der Waals surface area contributed by atoms with Crippen molar-refractivity contribution in [3.05, 3.63) is 112 Å². The van der Waals surface area contributed by atoms with Crippen molar-refractivity contribution in [1.29, 1.82) is 0 Å². The molecule has 3 heteroatoms. The standard InChI is InChI=1S/C28H17Br2N/c29-20-10-14-27-25(16-20)26-17-21(30)11-15-28(26)31(27)22-12-8-19(9-13-22)24-7-3-5-18-4-1-2-6-23(18)24/h1-17H. The molecule has 1 heterocycles. The summed E-state index contributed by atoms with van der Waals surface area (Å²) in [5.41, 5.74) is 6.06. The molecule has 0 fully saturated rings. The van der Waals surface area contributed by atoms with E-state index >= 15 is 0 Å². The Morgan fingerprint density at radius 2 is 1.13 bits per heavy atom. The number of hydrogen-bond acceptors (Lipinski definition) is 0. The van der Waals surface area contributed by atoms with Crippen LogP contribution in [0.15, 0.2) is 112 Å². The summed E-state index contributed by atoms with van der Waals surface area (Å²) in [4.78, 5) is 0. The zero-order valence-corrected chi connectivity index (χ0v) is 19.7. The third-order valence-electron chi connectivity index (χ3n) is 5.92. The third kappa shape index (κ3) is 3.12. The Morgan fingerprint density at radius 1 is 0.516 bits per heavy atom. The first-order valence-corrected chi connectivity index (χ1v) is 11.8. The number of nitrogens with zero attached hydrogens (tertiary/aromatic N) is 1. The third-order valence-corrected chi connectivity index (χ3v) is 6.90. The van der Waals surface area contributed by atoms with E-state index in [9.17, 15) is 0 Å². The van der Waals surface area contributed by atoms with Crippen molar-refractivity contribution >= 4 is 64.4 Å². The summed E-state index contributed by atoms with van der Waals surface area (Å²) in [5.74, 6) is 0. The molecule has 0 radical (unpaired) electrons. The number of fused-ring (bicyclic) bond motifs is 4. The number of hydrogen-bond donors (Lipinski definition) is 0. The minimum atomic E-state index is 1.09. The van der Waals surface area contributed by atoms with Gasteiger partial charge in [0.1, 0.15) is 0 Å². The summed E-state index contributed by atoms with van der Waals surface area (Å²) in [6.45, 7) is 0. The Kier molecular flexibility index (Phi) is 4.48. The molecule has 0 spiro atoms. The van der Waals surface area contributed by atoms with Crippen LogP contribution in [0.5, 0.6) is 0 Å². The maximum atomic E-state index is 3.64. The monoisotopic (exact) mass is 525 g/mol. The lowest BCUT2D eigenvalue weighted by molar-refractivity contribution is 1.18. The first-order valence-electron chi connectivity index (χ1n) is 10.2. The fraction of sp³-hybridized carbons (Fsp3) is 0. The van der Waals surface area contributed by atoms with E-state index in [1.54, 1.807) is 0 Å². The predicted molar refractivity (Wildman–Crippen MR) is 139 cm³/mol. The molecule has 0 saturated carbocycles. The van der Waals surface area contributed by atoms with Gasteiger partial charge >= 0.3 is 0 Å². The Labute approximate surface area is 197 Å². The fourth-order valence-electron chi connectivity index (χ4n) is 4.51. The molecular weight excluding hydrogens is 510 g/mol. The van der Waals surface area contributed by atoms with Crippen LogP contribution < -0.4 is 0 Å². The molecule has 1 aromatic heterocycles. The van der Waals surface area contributed by atoms with Crippen molar-refractivity contribution < 1.29 is 0 Å². The van der Waals surface area contributed by atoms with E-state index in [0.717, 1.165) is 14.6 Å². The number of benzene rings is 5. The SMILES string of the molecule is Brc1ccc2c(c1)c1cc(Br)ccc1n2-c1ccc(-c2cccc3ccccc23)cc1. The highest BCUT2D eigenvalue weighted by molar-refractivity contribution is 9.10. The highest BCUT2D eigenvalue weighted by atomic mass is 79.9. The molecule has 0 saturated heterocycles. The van der Waals surface area contributed by atoms with E-state index in [4.69, 9.17) is 0 Å². The molecule has 0 bridgehead atoms. The van der Waals surface area contributed by atoms with Crippen molar-refractivity contribution in [1.82, 2.24) is 4.57 Å². The van der Waals surface area contributed by atoms with Gasteiger partial charge in [0, 0.05) is 25.4 Å². The maximum Gasteiger partial charge on any atom is 0.0541 e. The lowest BCUT2D eigenvalue weighted by atomic mass is 9.98. The molecule has 0 amide bonds. The van der Waals surface area contributed by atoms with Crippen LogP contribution in [0.3, 0.4) is 0 Å². The van der Waals surface area contributed by atoms with Crippen molar-refractivity contribution in [3.63, 3.8) is 0 Å². The van der Waals surface area contributed by atoms with Crippen molar-refractivity contribution in [3.8, 4) is 16.8 Å². The second kappa shape index (κ2) is 7.37. The Hall–Kier alpha value is -2.88. The summed E-state index contributed by atoms with van der Waals surface area (Å²) < 4.78 is 4.52. The highest BCUT2D eigenvalue weighted by Crippen LogP contribution is 2.36. The molecule has 31 heavy (non-hydrogen) atoms. The van der Waals surface area contributed by atoms with Crippen molar-refractivity contribution in [2.75, 3.05) is 0 Å². The van der Waals surface area contributed by atoms with Gasteiger partial charge in [-0.3, -0.25) is 0 Å². The largest absolute Gasteiger partial charge is 0.309 e. The minimum Gasteiger partial charge on any atom is -0.309 e.